The molecule has 0 N–H and O–H groups in total. The van der Waals surface area contributed by atoms with Crippen molar-refractivity contribution in [2.24, 2.45) is 0 Å². The SMILES string of the molecule is c1ccc(-c2cccc(-c3cc(-c4cc(-c5cccc(-c6ccncc6)c5)nc(-c5ccccc5)n4)cc(-c4cccc5c4oc4ccccc45)c3)c2)cc1. The van der Waals surface area contributed by atoms with Gasteiger partial charge in [-0.05, 0) is 93.5 Å². The fourth-order valence-corrected chi connectivity index (χ4v) is 7.44. The monoisotopic (exact) mass is 703 g/mol. The molecule has 10 aromatic rings. The van der Waals surface area contributed by atoms with E-state index in [9.17, 15) is 0 Å². The molecule has 0 aliphatic carbocycles. The summed E-state index contributed by atoms with van der Waals surface area (Å²) in [6.07, 6.45) is 3.65. The Morgan fingerprint density at radius 3 is 1.60 bits per heavy atom. The number of aromatic nitrogens is 3. The summed E-state index contributed by atoms with van der Waals surface area (Å²) in [5, 5.41) is 2.20. The highest BCUT2D eigenvalue weighted by atomic mass is 16.3. The highest BCUT2D eigenvalue weighted by molar-refractivity contribution is 6.09. The molecule has 7 aromatic carbocycles. The van der Waals surface area contributed by atoms with Gasteiger partial charge < -0.3 is 4.42 Å². The molecule has 0 radical (unpaired) electrons. The van der Waals surface area contributed by atoms with Crippen LogP contribution < -0.4 is 0 Å². The second-order valence-electron chi connectivity index (χ2n) is 13.7. The van der Waals surface area contributed by atoms with Crippen molar-refractivity contribution < 1.29 is 4.42 Å². The zero-order valence-electron chi connectivity index (χ0n) is 29.8. The Hall–Kier alpha value is -7.43. The van der Waals surface area contributed by atoms with Gasteiger partial charge in [0.2, 0.25) is 0 Å². The van der Waals surface area contributed by atoms with Crippen LogP contribution in [-0.2, 0) is 0 Å². The Bertz CT molecular complexity index is 2970. The average Bonchev–Trinajstić information content (AvgIpc) is 3.66. The van der Waals surface area contributed by atoms with Gasteiger partial charge in [-0.15, -0.1) is 0 Å². The molecule has 0 bridgehead atoms. The van der Waals surface area contributed by atoms with Gasteiger partial charge in [0.15, 0.2) is 5.82 Å². The molecular weight excluding hydrogens is 671 g/mol. The fraction of sp³-hybridized carbons (Fsp3) is 0. The number of benzene rings is 7. The topological polar surface area (TPSA) is 51.8 Å². The average molecular weight is 704 g/mol. The minimum atomic E-state index is 0.667. The third kappa shape index (κ3) is 6.26. The van der Waals surface area contributed by atoms with E-state index in [1.807, 2.05) is 54.9 Å². The summed E-state index contributed by atoms with van der Waals surface area (Å²) in [6.45, 7) is 0. The normalized spacial score (nSPS) is 11.3. The van der Waals surface area contributed by atoms with Crippen LogP contribution in [0.2, 0.25) is 0 Å². The Morgan fingerprint density at radius 2 is 0.836 bits per heavy atom. The van der Waals surface area contributed by atoms with Gasteiger partial charge in [0.1, 0.15) is 11.2 Å². The van der Waals surface area contributed by atoms with Crippen molar-refractivity contribution in [2.45, 2.75) is 0 Å². The van der Waals surface area contributed by atoms with Gasteiger partial charge >= 0.3 is 0 Å². The summed E-state index contributed by atoms with van der Waals surface area (Å²) < 4.78 is 6.58. The van der Waals surface area contributed by atoms with Crippen LogP contribution in [0.5, 0.6) is 0 Å². The van der Waals surface area contributed by atoms with E-state index in [0.29, 0.717) is 5.82 Å². The first-order valence-electron chi connectivity index (χ1n) is 18.4. The van der Waals surface area contributed by atoms with Gasteiger partial charge in [-0.2, -0.15) is 0 Å². The van der Waals surface area contributed by atoms with Crippen molar-refractivity contribution in [2.75, 3.05) is 0 Å². The van der Waals surface area contributed by atoms with E-state index in [4.69, 9.17) is 14.4 Å². The summed E-state index contributed by atoms with van der Waals surface area (Å²) in [7, 11) is 0. The Labute approximate surface area is 319 Å². The molecule has 258 valence electrons. The van der Waals surface area contributed by atoms with Gasteiger partial charge in [0, 0.05) is 45.4 Å². The zero-order chi connectivity index (χ0) is 36.6. The Morgan fingerprint density at radius 1 is 0.327 bits per heavy atom. The molecule has 0 amide bonds. The van der Waals surface area contributed by atoms with Crippen LogP contribution in [0.25, 0.3) is 100 Å². The highest BCUT2D eigenvalue weighted by Crippen LogP contribution is 2.40. The van der Waals surface area contributed by atoms with E-state index < -0.39 is 0 Å². The first-order valence-corrected chi connectivity index (χ1v) is 18.4. The lowest BCUT2D eigenvalue weighted by Crippen LogP contribution is -1.97. The van der Waals surface area contributed by atoms with Crippen molar-refractivity contribution in [1.29, 1.82) is 0 Å². The molecule has 0 atom stereocenters. The second kappa shape index (κ2) is 13.8. The van der Waals surface area contributed by atoms with Gasteiger partial charge in [-0.3, -0.25) is 4.98 Å². The maximum Gasteiger partial charge on any atom is 0.160 e. The minimum absolute atomic E-state index is 0.667. The van der Waals surface area contributed by atoms with Crippen LogP contribution in [0, 0.1) is 0 Å². The molecule has 0 fully saturated rings. The van der Waals surface area contributed by atoms with Crippen LogP contribution in [0.3, 0.4) is 0 Å². The van der Waals surface area contributed by atoms with Gasteiger partial charge in [-0.25, -0.2) is 9.97 Å². The molecule has 0 saturated carbocycles. The molecular formula is C51H33N3O. The Kier molecular flexibility index (Phi) is 8.12. The first kappa shape index (κ1) is 32.2. The lowest BCUT2D eigenvalue weighted by atomic mass is 9.92. The quantitative estimate of drug-likeness (QED) is 0.166. The summed E-state index contributed by atoms with van der Waals surface area (Å²) in [5.74, 6) is 0.667. The van der Waals surface area contributed by atoms with Gasteiger partial charge in [0.05, 0.1) is 11.4 Å². The van der Waals surface area contributed by atoms with Gasteiger partial charge in [-0.1, -0.05) is 133 Å². The summed E-state index contributed by atoms with van der Waals surface area (Å²) in [4.78, 5) is 14.7. The van der Waals surface area contributed by atoms with E-state index in [1.54, 1.807) is 0 Å². The number of nitrogens with zero attached hydrogens (tertiary/aromatic N) is 3. The fourth-order valence-electron chi connectivity index (χ4n) is 7.44. The lowest BCUT2D eigenvalue weighted by molar-refractivity contribution is 0.670. The summed E-state index contributed by atoms with van der Waals surface area (Å²) >= 11 is 0. The molecule has 4 heteroatoms. The number of hydrogen-bond donors (Lipinski definition) is 0. The van der Waals surface area contributed by atoms with E-state index in [2.05, 4.69) is 151 Å². The molecule has 55 heavy (non-hydrogen) atoms. The van der Waals surface area contributed by atoms with Crippen LogP contribution >= 0.6 is 0 Å². The maximum atomic E-state index is 6.58. The second-order valence-corrected chi connectivity index (χ2v) is 13.7. The number of rotatable bonds is 7. The Balaban J connectivity index is 1.20. The predicted octanol–water partition coefficient (Wildman–Crippen LogP) is 13.4. The number of para-hydroxylation sites is 2. The van der Waals surface area contributed by atoms with Crippen LogP contribution in [0.1, 0.15) is 0 Å². The lowest BCUT2D eigenvalue weighted by Gasteiger charge is -2.14. The molecule has 0 aliphatic heterocycles. The molecule has 0 spiro atoms. The summed E-state index contributed by atoms with van der Waals surface area (Å²) in [6, 6.07) is 65.6. The van der Waals surface area contributed by atoms with E-state index >= 15 is 0 Å². The van der Waals surface area contributed by atoms with E-state index in [0.717, 1.165) is 89.0 Å². The molecule has 0 aliphatic rings. The molecule has 0 saturated heterocycles. The van der Waals surface area contributed by atoms with Crippen LogP contribution in [0.4, 0.5) is 0 Å². The standard InChI is InChI=1S/C51H33N3O/c1-3-12-34(13-4-1)37-16-9-18-39(28-37)41-30-42(44-21-11-22-46-45-20-7-8-23-49(45)55-50(44)46)32-43(31-41)48-33-47(53-51(54-48)36-14-5-2-6-15-36)40-19-10-17-38(29-40)35-24-26-52-27-25-35/h1-33H. The number of hydrogen-bond acceptors (Lipinski definition) is 4. The molecule has 0 unspecified atom stereocenters. The van der Waals surface area contributed by atoms with Crippen LogP contribution in [-0.4, -0.2) is 15.0 Å². The smallest absolute Gasteiger partial charge is 0.160 e. The van der Waals surface area contributed by atoms with Gasteiger partial charge in [0.25, 0.3) is 0 Å². The molecule has 3 heterocycles. The van der Waals surface area contributed by atoms with Crippen molar-refractivity contribution >= 4 is 21.9 Å². The third-order valence-electron chi connectivity index (χ3n) is 10.2. The van der Waals surface area contributed by atoms with E-state index in [1.165, 1.54) is 5.56 Å². The number of furan rings is 1. The van der Waals surface area contributed by atoms with Crippen molar-refractivity contribution in [1.82, 2.24) is 15.0 Å². The summed E-state index contributed by atoms with van der Waals surface area (Å²) in [5.41, 5.74) is 15.2. The van der Waals surface area contributed by atoms with Crippen molar-refractivity contribution in [3.05, 3.63) is 200 Å². The van der Waals surface area contributed by atoms with Crippen molar-refractivity contribution in [3.8, 4) is 78.4 Å². The predicted molar refractivity (Wildman–Crippen MR) is 225 cm³/mol. The van der Waals surface area contributed by atoms with Crippen molar-refractivity contribution in [3.63, 3.8) is 0 Å². The largest absolute Gasteiger partial charge is 0.455 e. The molecule has 3 aromatic heterocycles. The number of pyridine rings is 1. The first-order chi connectivity index (χ1) is 27.2. The third-order valence-corrected chi connectivity index (χ3v) is 10.2. The van der Waals surface area contributed by atoms with Crippen LogP contribution in [0.15, 0.2) is 205 Å². The van der Waals surface area contributed by atoms with E-state index in [-0.39, 0.29) is 0 Å². The molecule has 10 rings (SSSR count). The molecule has 4 nitrogen and oxygen atoms in total. The number of fused-ring (bicyclic) bond motifs is 3. The zero-order valence-corrected chi connectivity index (χ0v) is 29.8. The minimum Gasteiger partial charge on any atom is -0.455 e. The highest BCUT2D eigenvalue weighted by Gasteiger charge is 2.17. The maximum absolute atomic E-state index is 6.58.